The number of carbonyl (C=O) groups is 1. The van der Waals surface area contributed by atoms with Gasteiger partial charge in [-0.25, -0.2) is 4.68 Å². The molecule has 0 radical (unpaired) electrons. The molecule has 0 spiro atoms. The quantitative estimate of drug-likeness (QED) is 0.759. The molecule has 0 aliphatic rings. The first-order valence-electron chi connectivity index (χ1n) is 6.62. The van der Waals surface area contributed by atoms with Gasteiger partial charge in [-0.15, -0.1) is 5.10 Å². The smallest absolute Gasteiger partial charge is 0.246 e. The predicted molar refractivity (Wildman–Crippen MR) is 80.5 cm³/mol. The van der Waals surface area contributed by atoms with E-state index in [1.807, 2.05) is 42.5 Å². The number of rotatable bonds is 4. The summed E-state index contributed by atoms with van der Waals surface area (Å²) in [5.74, 6) is -0.154. The van der Waals surface area contributed by atoms with Gasteiger partial charge >= 0.3 is 0 Å². The molecule has 0 atom stereocenters. The average Bonchev–Trinajstić information content (AvgIpc) is 2.94. The van der Waals surface area contributed by atoms with E-state index in [-0.39, 0.29) is 12.5 Å². The number of anilines is 1. The molecule has 21 heavy (non-hydrogen) atoms. The summed E-state index contributed by atoms with van der Waals surface area (Å²) in [6.45, 7) is 0.423. The second-order valence-electron chi connectivity index (χ2n) is 4.72. The van der Waals surface area contributed by atoms with Crippen LogP contribution in [0, 0.1) is 0 Å². The van der Waals surface area contributed by atoms with E-state index in [0.717, 1.165) is 16.5 Å². The van der Waals surface area contributed by atoms with E-state index in [9.17, 15) is 4.79 Å². The fraction of sp³-hybridized carbons (Fsp3) is 0.133. The summed E-state index contributed by atoms with van der Waals surface area (Å²) < 4.78 is 1.47. The summed E-state index contributed by atoms with van der Waals surface area (Å²) in [5, 5.41) is 12.8. The van der Waals surface area contributed by atoms with Crippen molar-refractivity contribution in [3.8, 4) is 0 Å². The van der Waals surface area contributed by atoms with Crippen molar-refractivity contribution >= 4 is 22.4 Å². The molecule has 0 saturated heterocycles. The van der Waals surface area contributed by atoms with Crippen molar-refractivity contribution in [2.75, 3.05) is 5.32 Å². The molecule has 3 N–H and O–H groups in total. The molecule has 2 aromatic carbocycles. The van der Waals surface area contributed by atoms with E-state index < -0.39 is 0 Å². The minimum Gasteiger partial charge on any atom is -0.325 e. The summed E-state index contributed by atoms with van der Waals surface area (Å²) in [4.78, 5) is 12.0. The van der Waals surface area contributed by atoms with Gasteiger partial charge in [0.05, 0.1) is 11.9 Å². The topological polar surface area (TPSA) is 85.8 Å². The second kappa shape index (κ2) is 5.72. The summed E-state index contributed by atoms with van der Waals surface area (Å²) in [7, 11) is 0. The van der Waals surface area contributed by atoms with Gasteiger partial charge in [-0.05, 0) is 22.9 Å². The van der Waals surface area contributed by atoms with Crippen LogP contribution in [-0.2, 0) is 17.9 Å². The van der Waals surface area contributed by atoms with Crippen molar-refractivity contribution in [2.24, 2.45) is 5.73 Å². The first-order chi connectivity index (χ1) is 10.2. The maximum atomic E-state index is 12.0. The fourth-order valence-corrected chi connectivity index (χ4v) is 2.12. The van der Waals surface area contributed by atoms with Gasteiger partial charge < -0.3 is 11.1 Å². The normalized spacial score (nSPS) is 10.7. The van der Waals surface area contributed by atoms with E-state index in [4.69, 9.17) is 5.73 Å². The van der Waals surface area contributed by atoms with Gasteiger partial charge in [0.15, 0.2) is 0 Å². The molecule has 3 rings (SSSR count). The SMILES string of the molecule is NCc1cn(CC(=O)Nc2ccc3ccccc3c2)nn1. The number of aromatic nitrogens is 3. The molecule has 6 nitrogen and oxygen atoms in total. The Labute approximate surface area is 121 Å². The Morgan fingerprint density at radius 1 is 1.19 bits per heavy atom. The van der Waals surface area contributed by atoms with Crippen LogP contribution in [0.15, 0.2) is 48.7 Å². The van der Waals surface area contributed by atoms with E-state index in [2.05, 4.69) is 15.6 Å². The zero-order valence-corrected chi connectivity index (χ0v) is 11.4. The molecule has 0 saturated carbocycles. The summed E-state index contributed by atoms with van der Waals surface area (Å²) in [6.07, 6.45) is 1.67. The molecule has 0 fully saturated rings. The number of fused-ring (bicyclic) bond motifs is 1. The van der Waals surface area contributed by atoms with Crippen molar-refractivity contribution < 1.29 is 4.79 Å². The number of benzene rings is 2. The lowest BCUT2D eigenvalue weighted by Gasteiger charge is -2.06. The molecular formula is C15H15N5O. The number of nitrogens with two attached hydrogens (primary N) is 1. The third kappa shape index (κ3) is 3.06. The minimum absolute atomic E-state index is 0.111. The molecule has 3 aromatic rings. The van der Waals surface area contributed by atoms with Gasteiger partial charge in [0.2, 0.25) is 5.91 Å². The molecule has 1 amide bonds. The lowest BCUT2D eigenvalue weighted by molar-refractivity contribution is -0.116. The Morgan fingerprint density at radius 3 is 2.76 bits per heavy atom. The van der Waals surface area contributed by atoms with Gasteiger partial charge in [0, 0.05) is 12.2 Å². The Bertz CT molecular complexity index is 780. The van der Waals surface area contributed by atoms with Crippen LogP contribution in [0.3, 0.4) is 0 Å². The van der Waals surface area contributed by atoms with Crippen LogP contribution < -0.4 is 11.1 Å². The number of hydrogen-bond donors (Lipinski definition) is 2. The Hall–Kier alpha value is -2.73. The van der Waals surface area contributed by atoms with Crippen LogP contribution in [0.25, 0.3) is 10.8 Å². The lowest BCUT2D eigenvalue weighted by atomic mass is 10.1. The molecule has 1 heterocycles. The van der Waals surface area contributed by atoms with Crippen LogP contribution in [0.1, 0.15) is 5.69 Å². The highest BCUT2D eigenvalue weighted by Crippen LogP contribution is 2.18. The number of nitrogens with zero attached hydrogens (tertiary/aromatic N) is 3. The van der Waals surface area contributed by atoms with E-state index in [1.165, 1.54) is 4.68 Å². The summed E-state index contributed by atoms with van der Waals surface area (Å²) in [6, 6.07) is 13.8. The minimum atomic E-state index is -0.154. The van der Waals surface area contributed by atoms with Gasteiger partial charge in [-0.2, -0.15) is 0 Å². The molecule has 0 bridgehead atoms. The Kier molecular flexibility index (Phi) is 3.61. The standard InChI is InChI=1S/C15H15N5O/c16-8-14-9-20(19-18-14)10-15(21)17-13-6-5-11-3-1-2-4-12(11)7-13/h1-7,9H,8,10,16H2,(H,17,21). The molecule has 0 aliphatic carbocycles. The van der Waals surface area contributed by atoms with Gasteiger partial charge in [-0.1, -0.05) is 35.5 Å². The summed E-state index contributed by atoms with van der Waals surface area (Å²) in [5.41, 5.74) is 6.88. The van der Waals surface area contributed by atoms with Crippen LogP contribution in [0.4, 0.5) is 5.69 Å². The number of carbonyl (C=O) groups excluding carboxylic acids is 1. The van der Waals surface area contributed by atoms with Crippen LogP contribution in [-0.4, -0.2) is 20.9 Å². The number of nitrogens with one attached hydrogen (secondary N) is 1. The van der Waals surface area contributed by atoms with Crippen molar-refractivity contribution in [3.63, 3.8) is 0 Å². The van der Waals surface area contributed by atoms with Crippen LogP contribution in [0.5, 0.6) is 0 Å². The van der Waals surface area contributed by atoms with Crippen molar-refractivity contribution in [1.29, 1.82) is 0 Å². The first kappa shape index (κ1) is 13.3. The monoisotopic (exact) mass is 281 g/mol. The highest BCUT2D eigenvalue weighted by Gasteiger charge is 2.06. The van der Waals surface area contributed by atoms with E-state index >= 15 is 0 Å². The predicted octanol–water partition coefficient (Wildman–Crippen LogP) is 1.53. The second-order valence-corrected chi connectivity index (χ2v) is 4.72. The van der Waals surface area contributed by atoms with Crippen LogP contribution in [0.2, 0.25) is 0 Å². The molecule has 1 aromatic heterocycles. The van der Waals surface area contributed by atoms with E-state index in [0.29, 0.717) is 12.2 Å². The largest absolute Gasteiger partial charge is 0.325 e. The Morgan fingerprint density at radius 2 is 2.00 bits per heavy atom. The molecule has 0 unspecified atom stereocenters. The van der Waals surface area contributed by atoms with Crippen LogP contribution >= 0.6 is 0 Å². The van der Waals surface area contributed by atoms with Crippen molar-refractivity contribution in [1.82, 2.24) is 15.0 Å². The number of amides is 1. The molecule has 0 aliphatic heterocycles. The third-order valence-electron chi connectivity index (χ3n) is 3.13. The third-order valence-corrected chi connectivity index (χ3v) is 3.13. The van der Waals surface area contributed by atoms with Crippen molar-refractivity contribution in [2.45, 2.75) is 13.1 Å². The maximum absolute atomic E-state index is 12.0. The maximum Gasteiger partial charge on any atom is 0.246 e. The lowest BCUT2D eigenvalue weighted by Crippen LogP contribution is -2.19. The van der Waals surface area contributed by atoms with Gasteiger partial charge in [0.25, 0.3) is 0 Å². The zero-order valence-electron chi connectivity index (χ0n) is 11.4. The van der Waals surface area contributed by atoms with Crippen molar-refractivity contribution in [3.05, 3.63) is 54.4 Å². The zero-order chi connectivity index (χ0) is 14.7. The molecule has 6 heteroatoms. The van der Waals surface area contributed by atoms with E-state index in [1.54, 1.807) is 6.20 Å². The average molecular weight is 281 g/mol. The first-order valence-corrected chi connectivity index (χ1v) is 6.62. The highest BCUT2D eigenvalue weighted by atomic mass is 16.2. The fourth-order valence-electron chi connectivity index (χ4n) is 2.12. The molecule has 106 valence electrons. The molecular weight excluding hydrogens is 266 g/mol. The van der Waals surface area contributed by atoms with Gasteiger partial charge in [-0.3, -0.25) is 4.79 Å². The Balaban J connectivity index is 1.70. The highest BCUT2D eigenvalue weighted by molar-refractivity contribution is 5.94. The van der Waals surface area contributed by atoms with Gasteiger partial charge in [0.1, 0.15) is 6.54 Å². The summed E-state index contributed by atoms with van der Waals surface area (Å²) >= 11 is 0. The number of hydrogen-bond acceptors (Lipinski definition) is 4.